The van der Waals surface area contributed by atoms with Crippen LogP contribution < -0.4 is 0 Å². The molecule has 0 radical (unpaired) electrons. The van der Waals surface area contributed by atoms with Crippen molar-refractivity contribution in [3.05, 3.63) is 47.3 Å². The van der Waals surface area contributed by atoms with Gasteiger partial charge in [0.15, 0.2) is 0 Å². The topological polar surface area (TPSA) is 30.3 Å². The maximum atomic E-state index is 5.49. The average Bonchev–Trinajstić information content (AvgIpc) is 3.14. The van der Waals surface area contributed by atoms with Crippen molar-refractivity contribution in [2.24, 2.45) is 5.92 Å². The minimum atomic E-state index is 0.670. The second kappa shape index (κ2) is 6.63. The first-order chi connectivity index (χ1) is 10.6. The number of aryl methyl sites for hydroxylation is 2. The SMILES string of the molecule is Cc1cc(C)c(CN(C)C[C@@H]2CCOC2)c(-n2cccn2)c1. The number of nitrogens with zero attached hydrogens (tertiary/aromatic N) is 3. The Hall–Kier alpha value is -1.65. The van der Waals surface area contributed by atoms with Gasteiger partial charge in [0.25, 0.3) is 0 Å². The number of hydrogen-bond acceptors (Lipinski definition) is 3. The van der Waals surface area contributed by atoms with Gasteiger partial charge in [-0.2, -0.15) is 5.10 Å². The van der Waals surface area contributed by atoms with Crippen LogP contribution in [0.5, 0.6) is 0 Å². The Balaban J connectivity index is 1.82. The quantitative estimate of drug-likeness (QED) is 0.850. The van der Waals surface area contributed by atoms with Crippen LogP contribution in [-0.2, 0) is 11.3 Å². The summed E-state index contributed by atoms with van der Waals surface area (Å²) in [4.78, 5) is 2.41. The molecule has 1 aromatic heterocycles. The molecule has 1 fully saturated rings. The first-order valence-corrected chi connectivity index (χ1v) is 8.00. The van der Waals surface area contributed by atoms with Gasteiger partial charge in [-0.15, -0.1) is 0 Å². The van der Waals surface area contributed by atoms with Crippen LogP contribution >= 0.6 is 0 Å². The van der Waals surface area contributed by atoms with E-state index in [0.29, 0.717) is 5.92 Å². The third-order valence-electron chi connectivity index (χ3n) is 4.37. The van der Waals surface area contributed by atoms with E-state index >= 15 is 0 Å². The molecule has 0 unspecified atom stereocenters. The molecule has 4 heteroatoms. The molecule has 118 valence electrons. The minimum Gasteiger partial charge on any atom is -0.381 e. The average molecular weight is 299 g/mol. The first-order valence-electron chi connectivity index (χ1n) is 8.00. The summed E-state index contributed by atoms with van der Waals surface area (Å²) in [5.41, 5.74) is 5.16. The molecule has 0 amide bonds. The molecule has 1 saturated heterocycles. The summed E-state index contributed by atoms with van der Waals surface area (Å²) >= 11 is 0. The lowest BCUT2D eigenvalue weighted by Gasteiger charge is -2.23. The van der Waals surface area contributed by atoms with E-state index in [9.17, 15) is 0 Å². The molecular formula is C18H25N3O. The fourth-order valence-corrected chi connectivity index (χ4v) is 3.30. The Bertz CT molecular complexity index is 616. The van der Waals surface area contributed by atoms with Gasteiger partial charge in [-0.25, -0.2) is 4.68 Å². The van der Waals surface area contributed by atoms with Gasteiger partial charge in [-0.1, -0.05) is 6.07 Å². The highest BCUT2D eigenvalue weighted by Crippen LogP contribution is 2.23. The molecule has 0 saturated carbocycles. The van der Waals surface area contributed by atoms with Crippen molar-refractivity contribution in [2.45, 2.75) is 26.8 Å². The third-order valence-corrected chi connectivity index (χ3v) is 4.37. The zero-order valence-corrected chi connectivity index (χ0v) is 13.7. The van der Waals surface area contributed by atoms with Gasteiger partial charge in [0.2, 0.25) is 0 Å². The highest BCUT2D eigenvalue weighted by atomic mass is 16.5. The van der Waals surface area contributed by atoms with Gasteiger partial charge in [0, 0.05) is 32.1 Å². The number of hydrogen-bond donors (Lipinski definition) is 0. The van der Waals surface area contributed by atoms with Crippen LogP contribution in [0.4, 0.5) is 0 Å². The predicted molar refractivity (Wildman–Crippen MR) is 88.3 cm³/mol. The van der Waals surface area contributed by atoms with Gasteiger partial charge >= 0.3 is 0 Å². The maximum Gasteiger partial charge on any atom is 0.0695 e. The van der Waals surface area contributed by atoms with Crippen molar-refractivity contribution in [2.75, 3.05) is 26.8 Å². The van der Waals surface area contributed by atoms with E-state index in [4.69, 9.17) is 4.74 Å². The fraction of sp³-hybridized carbons (Fsp3) is 0.500. The highest BCUT2D eigenvalue weighted by molar-refractivity contribution is 5.48. The van der Waals surface area contributed by atoms with Crippen LogP contribution in [0.25, 0.3) is 5.69 Å². The molecule has 1 atom stereocenters. The summed E-state index contributed by atoms with van der Waals surface area (Å²) in [6, 6.07) is 6.46. The predicted octanol–water partition coefficient (Wildman–Crippen LogP) is 2.96. The normalized spacial score (nSPS) is 18.3. The molecule has 1 aliphatic heterocycles. The molecular weight excluding hydrogens is 274 g/mol. The van der Waals surface area contributed by atoms with Crippen molar-refractivity contribution >= 4 is 0 Å². The first kappa shape index (κ1) is 15.3. The van der Waals surface area contributed by atoms with Gasteiger partial charge in [-0.3, -0.25) is 0 Å². The number of benzene rings is 1. The monoisotopic (exact) mass is 299 g/mol. The molecule has 2 aromatic rings. The molecule has 0 N–H and O–H groups in total. The van der Waals surface area contributed by atoms with Crippen molar-refractivity contribution in [1.82, 2.24) is 14.7 Å². The van der Waals surface area contributed by atoms with E-state index in [1.807, 2.05) is 23.1 Å². The van der Waals surface area contributed by atoms with Crippen molar-refractivity contribution in [3.63, 3.8) is 0 Å². The number of rotatable bonds is 5. The van der Waals surface area contributed by atoms with Gasteiger partial charge in [0.05, 0.1) is 12.3 Å². The summed E-state index contributed by atoms with van der Waals surface area (Å²) in [7, 11) is 2.20. The summed E-state index contributed by atoms with van der Waals surface area (Å²) < 4.78 is 7.46. The highest BCUT2D eigenvalue weighted by Gasteiger charge is 2.19. The Kier molecular flexibility index (Phi) is 4.60. The minimum absolute atomic E-state index is 0.670. The Labute approximate surface area is 132 Å². The van der Waals surface area contributed by atoms with E-state index in [-0.39, 0.29) is 0 Å². The van der Waals surface area contributed by atoms with E-state index in [1.54, 1.807) is 0 Å². The number of aromatic nitrogens is 2. The summed E-state index contributed by atoms with van der Waals surface area (Å²) in [6.07, 6.45) is 5.03. The summed E-state index contributed by atoms with van der Waals surface area (Å²) in [6.45, 7) is 8.19. The lowest BCUT2D eigenvalue weighted by atomic mass is 10.0. The maximum absolute atomic E-state index is 5.49. The third kappa shape index (κ3) is 3.39. The van der Waals surface area contributed by atoms with Crippen molar-refractivity contribution in [3.8, 4) is 5.69 Å². The van der Waals surface area contributed by atoms with Crippen LogP contribution in [0.3, 0.4) is 0 Å². The molecule has 22 heavy (non-hydrogen) atoms. The molecule has 3 rings (SSSR count). The zero-order valence-electron chi connectivity index (χ0n) is 13.7. The number of ether oxygens (including phenoxy) is 1. The molecule has 4 nitrogen and oxygen atoms in total. The van der Waals surface area contributed by atoms with E-state index < -0.39 is 0 Å². The van der Waals surface area contributed by atoms with Crippen LogP contribution in [-0.4, -0.2) is 41.5 Å². The van der Waals surface area contributed by atoms with Crippen molar-refractivity contribution in [1.29, 1.82) is 0 Å². The van der Waals surface area contributed by atoms with Crippen molar-refractivity contribution < 1.29 is 4.74 Å². The van der Waals surface area contributed by atoms with E-state index in [1.165, 1.54) is 28.8 Å². The molecule has 0 spiro atoms. The van der Waals surface area contributed by atoms with Crippen LogP contribution in [0, 0.1) is 19.8 Å². The van der Waals surface area contributed by atoms with E-state index in [0.717, 1.165) is 26.3 Å². The van der Waals surface area contributed by atoms with Crippen LogP contribution in [0.1, 0.15) is 23.1 Å². The van der Waals surface area contributed by atoms with Gasteiger partial charge in [-0.05, 0) is 62.1 Å². The molecule has 1 aromatic carbocycles. The second-order valence-electron chi connectivity index (χ2n) is 6.46. The smallest absolute Gasteiger partial charge is 0.0695 e. The molecule has 2 heterocycles. The summed E-state index contributed by atoms with van der Waals surface area (Å²) in [5.74, 6) is 0.670. The second-order valence-corrected chi connectivity index (χ2v) is 6.46. The Morgan fingerprint density at radius 2 is 2.23 bits per heavy atom. The standard InChI is InChI=1S/C18H25N3O/c1-14-9-15(2)17(18(10-14)21-7-4-6-19-21)12-20(3)11-16-5-8-22-13-16/h4,6-7,9-10,16H,5,8,11-13H2,1-3H3/t16-/m0/s1. The van der Waals surface area contributed by atoms with Gasteiger partial charge < -0.3 is 9.64 Å². The van der Waals surface area contributed by atoms with E-state index in [2.05, 4.69) is 43.0 Å². The zero-order chi connectivity index (χ0) is 15.5. The van der Waals surface area contributed by atoms with Gasteiger partial charge in [0.1, 0.15) is 0 Å². The lowest BCUT2D eigenvalue weighted by molar-refractivity contribution is 0.173. The molecule has 1 aliphatic rings. The molecule has 0 aliphatic carbocycles. The largest absolute Gasteiger partial charge is 0.381 e. The summed E-state index contributed by atoms with van der Waals surface area (Å²) in [5, 5.41) is 4.42. The molecule has 0 bridgehead atoms. The van der Waals surface area contributed by atoms with Crippen LogP contribution in [0.15, 0.2) is 30.6 Å². The Morgan fingerprint density at radius 1 is 1.36 bits per heavy atom. The Morgan fingerprint density at radius 3 is 2.91 bits per heavy atom. The van der Waals surface area contributed by atoms with Crippen LogP contribution in [0.2, 0.25) is 0 Å². The fourth-order valence-electron chi connectivity index (χ4n) is 3.30. The lowest BCUT2D eigenvalue weighted by Crippen LogP contribution is -2.26.